The number of carbonyl (C=O) groups is 1. The van der Waals surface area contributed by atoms with Crippen LogP contribution >= 0.6 is 0 Å². The SMILES string of the molecule is Cn1nc2c(c1-c1cc(F)c(F)c(F)c1)CCN(C(=O)c1cc3ccccc3nn1)C2. The van der Waals surface area contributed by atoms with Crippen LogP contribution in [0.1, 0.15) is 21.7 Å². The van der Waals surface area contributed by atoms with Crippen molar-refractivity contribution in [3.05, 3.63) is 76.9 Å². The summed E-state index contributed by atoms with van der Waals surface area (Å²) in [4.78, 5) is 14.6. The molecule has 5 rings (SSSR count). The first-order chi connectivity index (χ1) is 14.9. The molecule has 3 heterocycles. The molecule has 0 atom stereocenters. The summed E-state index contributed by atoms with van der Waals surface area (Å²) in [6.45, 7) is 0.605. The van der Waals surface area contributed by atoms with Crippen LogP contribution in [-0.4, -0.2) is 37.3 Å². The first kappa shape index (κ1) is 19.2. The Balaban J connectivity index is 1.46. The van der Waals surface area contributed by atoms with E-state index in [1.165, 1.54) is 4.68 Å². The second kappa shape index (κ2) is 7.19. The molecule has 156 valence electrons. The van der Waals surface area contributed by atoms with Gasteiger partial charge in [0.1, 0.15) is 0 Å². The minimum Gasteiger partial charge on any atom is -0.331 e. The fraction of sp³-hybridized carbons (Fsp3) is 0.182. The molecule has 4 aromatic rings. The quantitative estimate of drug-likeness (QED) is 0.462. The summed E-state index contributed by atoms with van der Waals surface area (Å²) in [6.07, 6.45) is 0.436. The number of benzene rings is 2. The molecule has 0 N–H and O–H groups in total. The van der Waals surface area contributed by atoms with Gasteiger partial charge >= 0.3 is 0 Å². The third kappa shape index (κ3) is 3.22. The minimum atomic E-state index is -1.51. The third-order valence-corrected chi connectivity index (χ3v) is 5.46. The zero-order valence-electron chi connectivity index (χ0n) is 16.4. The van der Waals surface area contributed by atoms with E-state index in [0.29, 0.717) is 29.9 Å². The van der Waals surface area contributed by atoms with Gasteiger partial charge in [-0.15, -0.1) is 10.2 Å². The van der Waals surface area contributed by atoms with Gasteiger partial charge < -0.3 is 4.90 Å². The van der Waals surface area contributed by atoms with Crippen LogP contribution in [0.5, 0.6) is 0 Å². The van der Waals surface area contributed by atoms with Crippen LogP contribution in [-0.2, 0) is 20.0 Å². The Morgan fingerprint density at radius 3 is 2.55 bits per heavy atom. The Bertz CT molecular complexity index is 1330. The maximum Gasteiger partial charge on any atom is 0.274 e. The lowest BCUT2D eigenvalue weighted by molar-refractivity contribution is 0.0725. The van der Waals surface area contributed by atoms with E-state index in [1.807, 2.05) is 24.3 Å². The standard InChI is InChI=1S/C22H16F3N5O/c1-29-21(13-8-15(23)20(25)16(24)9-13)14-6-7-30(11-19(14)28-29)22(31)18-10-12-4-2-3-5-17(12)26-27-18/h2-5,8-10H,6-7,11H2,1H3. The number of aryl methyl sites for hydroxylation is 1. The zero-order valence-corrected chi connectivity index (χ0v) is 16.4. The minimum absolute atomic E-state index is 0.202. The topological polar surface area (TPSA) is 63.9 Å². The zero-order chi connectivity index (χ0) is 21.7. The molecule has 0 saturated heterocycles. The molecule has 2 aromatic carbocycles. The second-order valence-corrected chi connectivity index (χ2v) is 7.42. The van der Waals surface area contributed by atoms with E-state index in [-0.39, 0.29) is 23.7 Å². The number of rotatable bonds is 2. The summed E-state index contributed by atoms with van der Waals surface area (Å²) in [6, 6.07) is 11.0. The molecule has 1 aliphatic rings. The van der Waals surface area contributed by atoms with Crippen LogP contribution in [0.2, 0.25) is 0 Å². The Labute approximate surface area is 174 Å². The highest BCUT2D eigenvalue weighted by Crippen LogP contribution is 2.32. The summed E-state index contributed by atoms with van der Waals surface area (Å²) < 4.78 is 42.4. The van der Waals surface area contributed by atoms with Crippen LogP contribution in [0.3, 0.4) is 0 Å². The summed E-state index contributed by atoms with van der Waals surface area (Å²) in [5, 5.41) is 13.4. The first-order valence-electron chi connectivity index (χ1n) is 9.64. The normalized spacial score (nSPS) is 13.5. The fourth-order valence-electron chi connectivity index (χ4n) is 4.00. The fourth-order valence-corrected chi connectivity index (χ4v) is 4.00. The Morgan fingerprint density at radius 2 is 1.77 bits per heavy atom. The highest BCUT2D eigenvalue weighted by molar-refractivity contribution is 5.95. The average Bonchev–Trinajstić information content (AvgIpc) is 3.11. The predicted molar refractivity (Wildman–Crippen MR) is 107 cm³/mol. The largest absolute Gasteiger partial charge is 0.331 e. The maximum absolute atomic E-state index is 13.8. The van der Waals surface area contributed by atoms with E-state index in [4.69, 9.17) is 0 Å². The molecular weight excluding hydrogens is 407 g/mol. The van der Waals surface area contributed by atoms with Gasteiger partial charge in [0, 0.05) is 30.1 Å². The number of hydrogen-bond donors (Lipinski definition) is 0. The van der Waals surface area contributed by atoms with Gasteiger partial charge in [0.2, 0.25) is 0 Å². The van der Waals surface area contributed by atoms with Gasteiger partial charge in [0.25, 0.3) is 5.91 Å². The molecule has 0 unspecified atom stereocenters. The van der Waals surface area contributed by atoms with E-state index in [0.717, 1.165) is 23.1 Å². The van der Waals surface area contributed by atoms with Crippen molar-refractivity contribution in [3.63, 3.8) is 0 Å². The molecule has 1 aliphatic heterocycles. The number of halogens is 3. The monoisotopic (exact) mass is 423 g/mol. The summed E-state index contributed by atoms with van der Waals surface area (Å²) >= 11 is 0. The van der Waals surface area contributed by atoms with Crippen molar-refractivity contribution >= 4 is 16.8 Å². The predicted octanol–water partition coefficient (Wildman–Crippen LogP) is 3.65. The summed E-state index contributed by atoms with van der Waals surface area (Å²) in [5.74, 6) is -4.29. The van der Waals surface area contributed by atoms with Gasteiger partial charge in [-0.05, 0) is 30.7 Å². The van der Waals surface area contributed by atoms with Crippen molar-refractivity contribution in [2.75, 3.05) is 6.54 Å². The molecule has 31 heavy (non-hydrogen) atoms. The van der Waals surface area contributed by atoms with E-state index in [9.17, 15) is 18.0 Å². The highest BCUT2D eigenvalue weighted by atomic mass is 19.2. The van der Waals surface area contributed by atoms with Crippen LogP contribution in [0.4, 0.5) is 13.2 Å². The highest BCUT2D eigenvalue weighted by Gasteiger charge is 2.29. The Kier molecular flexibility index (Phi) is 4.46. The molecule has 0 radical (unpaired) electrons. The number of amides is 1. The van der Waals surface area contributed by atoms with Crippen LogP contribution < -0.4 is 0 Å². The number of nitrogens with zero attached hydrogens (tertiary/aromatic N) is 5. The lowest BCUT2D eigenvalue weighted by Gasteiger charge is -2.26. The van der Waals surface area contributed by atoms with Crippen molar-refractivity contribution in [1.82, 2.24) is 24.9 Å². The van der Waals surface area contributed by atoms with Crippen molar-refractivity contribution in [2.45, 2.75) is 13.0 Å². The summed E-state index contributed by atoms with van der Waals surface area (Å²) in [7, 11) is 1.65. The van der Waals surface area contributed by atoms with Crippen molar-refractivity contribution < 1.29 is 18.0 Å². The van der Waals surface area contributed by atoms with E-state index < -0.39 is 17.5 Å². The molecule has 9 heteroatoms. The van der Waals surface area contributed by atoms with Crippen molar-refractivity contribution in [1.29, 1.82) is 0 Å². The van der Waals surface area contributed by atoms with Gasteiger partial charge in [-0.3, -0.25) is 9.48 Å². The second-order valence-electron chi connectivity index (χ2n) is 7.42. The molecule has 6 nitrogen and oxygen atoms in total. The van der Waals surface area contributed by atoms with Crippen LogP contribution in [0.25, 0.3) is 22.2 Å². The molecule has 1 amide bonds. The Morgan fingerprint density at radius 1 is 1.03 bits per heavy atom. The van der Waals surface area contributed by atoms with Gasteiger partial charge in [-0.1, -0.05) is 18.2 Å². The smallest absolute Gasteiger partial charge is 0.274 e. The molecule has 0 aliphatic carbocycles. The molecule has 0 saturated carbocycles. The first-order valence-corrected chi connectivity index (χ1v) is 9.64. The Hall–Kier alpha value is -3.75. The number of carbonyl (C=O) groups excluding carboxylic acids is 1. The molecular formula is C22H16F3N5O. The van der Waals surface area contributed by atoms with Gasteiger partial charge in [-0.2, -0.15) is 5.10 Å². The lowest BCUT2D eigenvalue weighted by atomic mass is 9.99. The third-order valence-electron chi connectivity index (χ3n) is 5.46. The average molecular weight is 423 g/mol. The van der Waals surface area contributed by atoms with Crippen LogP contribution in [0, 0.1) is 17.5 Å². The molecule has 0 fully saturated rings. The lowest BCUT2D eigenvalue weighted by Crippen LogP contribution is -2.36. The molecule has 0 spiro atoms. The number of fused-ring (bicyclic) bond motifs is 2. The number of aromatic nitrogens is 4. The van der Waals surface area contributed by atoms with E-state index in [1.54, 1.807) is 18.0 Å². The van der Waals surface area contributed by atoms with Gasteiger partial charge in [0.15, 0.2) is 23.1 Å². The van der Waals surface area contributed by atoms with Gasteiger partial charge in [0.05, 0.1) is 23.4 Å². The number of hydrogen-bond acceptors (Lipinski definition) is 4. The van der Waals surface area contributed by atoms with E-state index >= 15 is 0 Å². The van der Waals surface area contributed by atoms with E-state index in [2.05, 4.69) is 15.3 Å². The summed E-state index contributed by atoms with van der Waals surface area (Å²) in [5.41, 5.74) is 3.05. The van der Waals surface area contributed by atoms with Crippen molar-refractivity contribution in [2.24, 2.45) is 7.05 Å². The molecule has 2 aromatic heterocycles. The van der Waals surface area contributed by atoms with Gasteiger partial charge in [-0.25, -0.2) is 13.2 Å². The molecule has 0 bridgehead atoms. The van der Waals surface area contributed by atoms with Crippen LogP contribution in [0.15, 0.2) is 42.5 Å². The van der Waals surface area contributed by atoms with Crippen molar-refractivity contribution in [3.8, 4) is 11.3 Å². The maximum atomic E-state index is 13.8.